The van der Waals surface area contributed by atoms with Gasteiger partial charge >= 0.3 is 6.18 Å². The van der Waals surface area contributed by atoms with Crippen LogP contribution in [0.25, 0.3) is 22.5 Å². The van der Waals surface area contributed by atoms with E-state index in [1.54, 1.807) is 20.2 Å². The molecule has 0 saturated carbocycles. The minimum absolute atomic E-state index is 0.178. The molecule has 1 aromatic heterocycles. The summed E-state index contributed by atoms with van der Waals surface area (Å²) >= 11 is 0. The number of alkyl halides is 3. The number of benzene rings is 1. The first-order valence-electron chi connectivity index (χ1n) is 11.3. The summed E-state index contributed by atoms with van der Waals surface area (Å²) in [6, 6.07) is 7.36. The summed E-state index contributed by atoms with van der Waals surface area (Å²) in [5.74, 6) is 0.444. The van der Waals surface area contributed by atoms with Gasteiger partial charge in [0.05, 0.1) is 17.2 Å². The molecule has 186 valence electrons. The molecule has 2 aromatic rings. The molecule has 0 bridgehead atoms. The Morgan fingerprint density at radius 2 is 1.92 bits per heavy atom. The second-order valence-electron chi connectivity index (χ2n) is 8.69. The van der Waals surface area contributed by atoms with Gasteiger partial charge < -0.3 is 14.5 Å². The molecule has 0 unspecified atom stereocenters. The highest BCUT2D eigenvalue weighted by atomic mass is 19.4. The van der Waals surface area contributed by atoms with Crippen molar-refractivity contribution < 1.29 is 17.6 Å². The topological polar surface area (TPSA) is 77.1 Å². The number of rotatable bonds is 3. The van der Waals surface area contributed by atoms with Crippen LogP contribution >= 0.6 is 0 Å². The molecule has 1 N–H and O–H groups in total. The van der Waals surface area contributed by atoms with Gasteiger partial charge in [-0.1, -0.05) is 12.1 Å². The number of aryl methyl sites for hydroxylation is 2. The molecule has 0 fully saturated rings. The van der Waals surface area contributed by atoms with Gasteiger partial charge in [-0.25, -0.2) is 14.4 Å². The molecule has 7 nitrogen and oxygen atoms in total. The highest BCUT2D eigenvalue weighted by molar-refractivity contribution is 5.82. The Balaban J connectivity index is 1.73. The molecule has 0 amide bonds. The maximum Gasteiger partial charge on any atom is 0.419 e. The number of aromatic nitrogens is 4. The number of hydrogen-bond acceptors (Lipinski definition) is 5. The maximum atomic E-state index is 14.8. The molecule has 0 spiro atoms. The van der Waals surface area contributed by atoms with E-state index in [2.05, 4.69) is 20.3 Å². The van der Waals surface area contributed by atoms with E-state index in [9.17, 15) is 22.4 Å². The number of fused-ring (bicyclic) bond motifs is 3. The average Bonchev–Trinajstić information content (AvgIpc) is 3.30. The van der Waals surface area contributed by atoms with Crippen molar-refractivity contribution in [1.29, 1.82) is 0 Å². The molecule has 0 radical (unpaired) electrons. The van der Waals surface area contributed by atoms with E-state index in [4.69, 9.17) is 0 Å². The Hall–Kier alpha value is -4.02. The highest BCUT2D eigenvalue weighted by Crippen LogP contribution is 2.36. The largest absolute Gasteiger partial charge is 0.419 e. The van der Waals surface area contributed by atoms with Crippen LogP contribution < -0.4 is 16.4 Å². The van der Waals surface area contributed by atoms with Gasteiger partial charge in [0.1, 0.15) is 23.3 Å². The molecule has 1 aromatic carbocycles. The predicted octanol–water partition coefficient (Wildman–Crippen LogP) is 4.30. The van der Waals surface area contributed by atoms with Crippen LogP contribution in [-0.2, 0) is 19.8 Å². The second kappa shape index (κ2) is 8.58. The van der Waals surface area contributed by atoms with Crippen LogP contribution in [0.5, 0.6) is 0 Å². The van der Waals surface area contributed by atoms with Crippen molar-refractivity contribution in [2.45, 2.75) is 32.6 Å². The van der Waals surface area contributed by atoms with E-state index >= 15 is 0 Å². The van der Waals surface area contributed by atoms with Crippen LogP contribution in [0.3, 0.4) is 0 Å². The molecular formula is C25H22F4N6O. The SMILES string of the molecule is Cc1nc2n3c(c(-c4ccn(C)c(=O)c4)cc-2c(=N[C@H](C)c2cccc(C(F)(F)F)c2F)n1)NCC3. The minimum Gasteiger partial charge on any atom is -0.369 e. The van der Waals surface area contributed by atoms with Gasteiger partial charge in [-0.15, -0.1) is 0 Å². The molecule has 36 heavy (non-hydrogen) atoms. The first-order chi connectivity index (χ1) is 17.0. The number of anilines is 1. The van der Waals surface area contributed by atoms with Crippen molar-refractivity contribution in [3.8, 4) is 22.5 Å². The van der Waals surface area contributed by atoms with Crippen LogP contribution in [0.2, 0.25) is 0 Å². The molecule has 5 rings (SSSR count). The summed E-state index contributed by atoms with van der Waals surface area (Å²) in [5, 5.41) is 3.33. The molecule has 0 aliphatic carbocycles. The third-order valence-corrected chi connectivity index (χ3v) is 6.23. The Bertz CT molecular complexity index is 1590. The average molecular weight is 498 g/mol. The number of nitrogens with one attached hydrogen (secondary N) is 1. The van der Waals surface area contributed by atoms with Crippen LogP contribution in [0.15, 0.2) is 52.4 Å². The molecule has 11 heteroatoms. The van der Waals surface area contributed by atoms with Crippen LogP contribution in [-0.4, -0.2) is 25.6 Å². The summed E-state index contributed by atoms with van der Waals surface area (Å²) in [6.45, 7) is 4.47. The van der Waals surface area contributed by atoms with E-state index in [-0.39, 0.29) is 16.6 Å². The van der Waals surface area contributed by atoms with Crippen LogP contribution in [0.1, 0.15) is 29.9 Å². The fourth-order valence-corrected chi connectivity index (χ4v) is 4.42. The summed E-state index contributed by atoms with van der Waals surface area (Å²) in [5.41, 5.74) is 0.496. The number of halogens is 4. The van der Waals surface area contributed by atoms with E-state index in [1.165, 1.54) is 29.7 Å². The van der Waals surface area contributed by atoms with Gasteiger partial charge in [-0.05, 0) is 37.6 Å². The van der Waals surface area contributed by atoms with Crippen molar-refractivity contribution in [3.05, 3.63) is 81.2 Å². The fourth-order valence-electron chi connectivity index (χ4n) is 4.42. The first-order valence-corrected chi connectivity index (χ1v) is 11.3. The second-order valence-corrected chi connectivity index (χ2v) is 8.69. The van der Waals surface area contributed by atoms with E-state index < -0.39 is 23.6 Å². The zero-order valence-corrected chi connectivity index (χ0v) is 19.7. The fraction of sp³-hybridized carbons (Fsp3) is 0.280. The van der Waals surface area contributed by atoms with E-state index in [1.807, 2.05) is 16.7 Å². The molecule has 3 aliphatic heterocycles. The molecule has 0 saturated heterocycles. The smallest absolute Gasteiger partial charge is 0.369 e. The molecule has 3 aliphatic rings. The molecular weight excluding hydrogens is 476 g/mol. The van der Waals surface area contributed by atoms with Crippen molar-refractivity contribution in [1.82, 2.24) is 19.1 Å². The van der Waals surface area contributed by atoms with Crippen LogP contribution in [0, 0.1) is 12.7 Å². The zero-order chi connectivity index (χ0) is 25.8. The van der Waals surface area contributed by atoms with Gasteiger partial charge in [0, 0.05) is 43.5 Å². The summed E-state index contributed by atoms with van der Waals surface area (Å²) < 4.78 is 57.9. The van der Waals surface area contributed by atoms with Crippen molar-refractivity contribution in [2.24, 2.45) is 12.0 Å². The van der Waals surface area contributed by atoms with Gasteiger partial charge in [0.15, 0.2) is 5.49 Å². The number of hydrogen-bond donors (Lipinski definition) is 1. The van der Waals surface area contributed by atoms with Crippen molar-refractivity contribution in [3.63, 3.8) is 0 Å². The zero-order valence-electron chi connectivity index (χ0n) is 19.7. The lowest BCUT2D eigenvalue weighted by Crippen LogP contribution is -2.21. The standard InChI is InChI=1S/C25H22F4N6O/c1-13(16-5-4-6-19(21(16)26)25(27,28)29)31-22-18-12-17(15-7-9-34(3)20(36)11-15)23-30-8-10-35(23)24(18)33-14(2)32-22/h4-7,9,11-13,30H,8,10H2,1-3H3/t13-/m1/s1. The van der Waals surface area contributed by atoms with Crippen LogP contribution in [0.4, 0.5) is 23.4 Å². The molecule has 4 heterocycles. The third kappa shape index (κ3) is 4.04. The Morgan fingerprint density at radius 3 is 2.64 bits per heavy atom. The normalized spacial score (nSPS) is 14.7. The van der Waals surface area contributed by atoms with E-state index in [0.717, 1.165) is 11.4 Å². The third-order valence-electron chi connectivity index (χ3n) is 6.23. The lowest BCUT2D eigenvalue weighted by atomic mass is 10.0. The van der Waals surface area contributed by atoms with Gasteiger partial charge in [-0.3, -0.25) is 9.79 Å². The van der Waals surface area contributed by atoms with E-state index in [0.29, 0.717) is 41.9 Å². The predicted molar refractivity (Wildman–Crippen MR) is 126 cm³/mol. The highest BCUT2D eigenvalue weighted by Gasteiger charge is 2.35. The first kappa shape index (κ1) is 23.7. The minimum atomic E-state index is -4.82. The Labute approximate surface area is 203 Å². The summed E-state index contributed by atoms with van der Waals surface area (Å²) in [6.07, 6.45) is -3.15. The maximum absolute atomic E-state index is 14.8. The number of pyridine rings is 2. The van der Waals surface area contributed by atoms with Gasteiger partial charge in [0.2, 0.25) is 0 Å². The Kier molecular flexibility index (Phi) is 5.65. The lowest BCUT2D eigenvalue weighted by molar-refractivity contribution is -0.140. The number of nitrogens with zero attached hydrogens (tertiary/aromatic N) is 5. The van der Waals surface area contributed by atoms with Crippen molar-refractivity contribution >= 4 is 5.82 Å². The van der Waals surface area contributed by atoms with Gasteiger partial charge in [0.25, 0.3) is 5.56 Å². The quantitative estimate of drug-likeness (QED) is 0.428. The summed E-state index contributed by atoms with van der Waals surface area (Å²) in [7, 11) is 1.66. The lowest BCUT2D eigenvalue weighted by Gasteiger charge is -2.18. The monoisotopic (exact) mass is 498 g/mol. The van der Waals surface area contributed by atoms with Gasteiger partial charge in [-0.2, -0.15) is 13.2 Å². The summed E-state index contributed by atoms with van der Waals surface area (Å²) in [4.78, 5) is 25.9. The molecule has 1 atom stereocenters. The van der Waals surface area contributed by atoms with Crippen molar-refractivity contribution in [2.75, 3.05) is 11.9 Å². The Morgan fingerprint density at radius 1 is 1.14 bits per heavy atom.